The summed E-state index contributed by atoms with van der Waals surface area (Å²) in [4.78, 5) is 1.21. The minimum Gasteiger partial charge on any atom is -0.366 e. The van der Waals surface area contributed by atoms with Gasteiger partial charge in [0.25, 0.3) is 0 Å². The van der Waals surface area contributed by atoms with E-state index in [1.165, 1.54) is 10.4 Å². The fraction of sp³-hybridized carbons (Fsp3) is 0.333. The fourth-order valence-electron chi connectivity index (χ4n) is 1.95. The monoisotopic (exact) mass is 295 g/mol. The Hall–Kier alpha value is -0.870. The van der Waals surface area contributed by atoms with Crippen molar-refractivity contribution in [3.63, 3.8) is 0 Å². The van der Waals surface area contributed by atoms with Crippen molar-refractivity contribution >= 4 is 22.9 Å². The molecule has 2 N–H and O–H groups in total. The van der Waals surface area contributed by atoms with Gasteiger partial charge < -0.3 is 10.5 Å². The van der Waals surface area contributed by atoms with E-state index in [-0.39, 0.29) is 12.1 Å². The largest absolute Gasteiger partial charge is 0.366 e. The molecule has 0 spiro atoms. The van der Waals surface area contributed by atoms with E-state index in [0.717, 1.165) is 10.6 Å². The highest BCUT2D eigenvalue weighted by atomic mass is 35.5. The van der Waals surface area contributed by atoms with E-state index in [2.05, 4.69) is 18.4 Å². The predicted octanol–water partition coefficient (Wildman–Crippen LogP) is 4.32. The summed E-state index contributed by atoms with van der Waals surface area (Å²) < 4.78 is 6.00. The Balaban J connectivity index is 2.08. The molecule has 2 nitrogen and oxygen atoms in total. The number of ether oxygens (including phenoxy) is 1. The van der Waals surface area contributed by atoms with E-state index >= 15 is 0 Å². The summed E-state index contributed by atoms with van der Waals surface area (Å²) in [5.41, 5.74) is 8.34. The second kappa shape index (κ2) is 6.53. The van der Waals surface area contributed by atoms with Crippen LogP contribution < -0.4 is 5.73 Å². The molecule has 2 atom stereocenters. The number of rotatable bonds is 5. The molecule has 0 saturated heterocycles. The Morgan fingerprint density at radius 1 is 1.37 bits per heavy atom. The third kappa shape index (κ3) is 3.80. The number of thiophene rings is 1. The molecule has 0 saturated carbocycles. The fourth-order valence-corrected chi connectivity index (χ4v) is 3.26. The molecule has 1 heterocycles. The first-order chi connectivity index (χ1) is 9.08. The lowest BCUT2D eigenvalue weighted by Gasteiger charge is -2.21. The van der Waals surface area contributed by atoms with E-state index in [0.29, 0.717) is 6.61 Å². The molecule has 0 aliphatic rings. The number of nitrogens with two attached hydrogens (primary N) is 1. The van der Waals surface area contributed by atoms with Gasteiger partial charge >= 0.3 is 0 Å². The molecule has 102 valence electrons. The smallest absolute Gasteiger partial charge is 0.107 e. The summed E-state index contributed by atoms with van der Waals surface area (Å²) in [7, 11) is 0. The molecule has 0 aliphatic carbocycles. The summed E-state index contributed by atoms with van der Waals surface area (Å²) in [6, 6.07) is 9.76. The van der Waals surface area contributed by atoms with Crippen molar-refractivity contribution in [1.82, 2.24) is 0 Å². The summed E-state index contributed by atoms with van der Waals surface area (Å²) in [6.45, 7) is 4.58. The number of hydrogen-bond donors (Lipinski definition) is 1. The van der Waals surface area contributed by atoms with Crippen LogP contribution in [0.1, 0.15) is 29.0 Å². The molecule has 0 bridgehead atoms. The van der Waals surface area contributed by atoms with Crippen molar-refractivity contribution in [2.24, 2.45) is 5.73 Å². The van der Waals surface area contributed by atoms with Crippen molar-refractivity contribution < 1.29 is 4.74 Å². The van der Waals surface area contributed by atoms with Gasteiger partial charge in [-0.2, -0.15) is 0 Å². The van der Waals surface area contributed by atoms with Crippen molar-refractivity contribution in [1.29, 1.82) is 0 Å². The molecule has 4 heteroatoms. The lowest BCUT2D eigenvalue weighted by molar-refractivity contribution is 0.0279. The lowest BCUT2D eigenvalue weighted by atomic mass is 10.1. The Bertz CT molecular complexity index is 538. The molecule has 2 rings (SSSR count). The van der Waals surface area contributed by atoms with Gasteiger partial charge in [-0.05, 0) is 48.6 Å². The number of hydrogen-bond acceptors (Lipinski definition) is 3. The van der Waals surface area contributed by atoms with Crippen LogP contribution in [0.4, 0.5) is 0 Å². The average molecular weight is 296 g/mol. The normalized spacial score (nSPS) is 14.3. The van der Waals surface area contributed by atoms with E-state index in [1.54, 1.807) is 11.3 Å². The highest BCUT2D eigenvalue weighted by molar-refractivity contribution is 7.10. The SMILES string of the molecule is Cc1ccsc1C(OCc1cccc(Cl)c1)C(C)N. The number of aryl methyl sites for hydroxylation is 1. The van der Waals surface area contributed by atoms with Gasteiger partial charge in [0.1, 0.15) is 6.10 Å². The second-order valence-electron chi connectivity index (χ2n) is 4.69. The van der Waals surface area contributed by atoms with Gasteiger partial charge in [0, 0.05) is 15.9 Å². The van der Waals surface area contributed by atoms with Crippen molar-refractivity contribution in [2.75, 3.05) is 0 Å². The zero-order valence-electron chi connectivity index (χ0n) is 11.1. The van der Waals surface area contributed by atoms with Crippen LogP contribution in [0.3, 0.4) is 0 Å². The molecule has 2 unspecified atom stereocenters. The average Bonchev–Trinajstić information content (AvgIpc) is 2.76. The lowest BCUT2D eigenvalue weighted by Crippen LogP contribution is -2.26. The van der Waals surface area contributed by atoms with Crippen LogP contribution >= 0.6 is 22.9 Å². The van der Waals surface area contributed by atoms with Crippen molar-refractivity contribution in [3.8, 4) is 0 Å². The maximum atomic E-state index is 6.05. The first-order valence-electron chi connectivity index (χ1n) is 6.23. The summed E-state index contributed by atoms with van der Waals surface area (Å²) >= 11 is 7.66. The third-order valence-corrected chi connectivity index (χ3v) is 4.27. The van der Waals surface area contributed by atoms with Crippen LogP contribution in [0.25, 0.3) is 0 Å². The summed E-state index contributed by atoms with van der Waals surface area (Å²) in [5, 5.41) is 2.80. The van der Waals surface area contributed by atoms with Gasteiger partial charge in [0.15, 0.2) is 0 Å². The maximum absolute atomic E-state index is 6.05. The molecular formula is C15H18ClNOS. The van der Waals surface area contributed by atoms with E-state index in [4.69, 9.17) is 22.1 Å². The van der Waals surface area contributed by atoms with Crippen LogP contribution in [-0.2, 0) is 11.3 Å². The van der Waals surface area contributed by atoms with Crippen LogP contribution in [0.15, 0.2) is 35.7 Å². The highest BCUT2D eigenvalue weighted by Gasteiger charge is 2.20. The van der Waals surface area contributed by atoms with Crippen LogP contribution in [0, 0.1) is 6.92 Å². The van der Waals surface area contributed by atoms with Crippen molar-refractivity contribution in [3.05, 3.63) is 56.7 Å². The Kier molecular flexibility index (Phi) is 4.99. The van der Waals surface area contributed by atoms with Gasteiger partial charge in [-0.15, -0.1) is 11.3 Å². The van der Waals surface area contributed by atoms with Gasteiger partial charge in [-0.3, -0.25) is 0 Å². The zero-order chi connectivity index (χ0) is 13.8. The highest BCUT2D eigenvalue weighted by Crippen LogP contribution is 2.29. The topological polar surface area (TPSA) is 35.2 Å². The Labute approximate surface area is 123 Å². The quantitative estimate of drug-likeness (QED) is 0.892. The van der Waals surface area contributed by atoms with Gasteiger partial charge in [0.05, 0.1) is 6.61 Å². The van der Waals surface area contributed by atoms with Gasteiger partial charge in [-0.1, -0.05) is 23.7 Å². The third-order valence-electron chi connectivity index (χ3n) is 2.96. The summed E-state index contributed by atoms with van der Waals surface area (Å²) in [5.74, 6) is 0. The number of halogens is 1. The van der Waals surface area contributed by atoms with E-state index in [1.807, 2.05) is 31.2 Å². The minimum atomic E-state index is -0.0704. The van der Waals surface area contributed by atoms with Crippen LogP contribution in [0.2, 0.25) is 5.02 Å². The molecule has 2 aromatic rings. The Morgan fingerprint density at radius 3 is 2.74 bits per heavy atom. The molecule has 1 aromatic carbocycles. The van der Waals surface area contributed by atoms with E-state index < -0.39 is 0 Å². The molecule has 0 amide bonds. The minimum absolute atomic E-state index is 0.0449. The molecular weight excluding hydrogens is 278 g/mol. The molecule has 0 fully saturated rings. The van der Waals surface area contributed by atoms with Gasteiger partial charge in [0.2, 0.25) is 0 Å². The second-order valence-corrected chi connectivity index (χ2v) is 6.07. The van der Waals surface area contributed by atoms with Crippen LogP contribution in [0.5, 0.6) is 0 Å². The zero-order valence-corrected chi connectivity index (χ0v) is 12.7. The molecule has 0 aliphatic heterocycles. The van der Waals surface area contributed by atoms with E-state index in [9.17, 15) is 0 Å². The first-order valence-corrected chi connectivity index (χ1v) is 7.49. The first kappa shape index (κ1) is 14.5. The maximum Gasteiger partial charge on any atom is 0.107 e. The predicted molar refractivity (Wildman–Crippen MR) is 81.7 cm³/mol. The molecule has 0 radical (unpaired) electrons. The standard InChI is InChI=1S/C15H18ClNOS/c1-10-6-7-19-15(10)14(11(2)17)18-9-12-4-3-5-13(16)8-12/h3-8,11,14H,9,17H2,1-2H3. The van der Waals surface area contributed by atoms with Crippen molar-refractivity contribution in [2.45, 2.75) is 32.6 Å². The van der Waals surface area contributed by atoms with Crippen LogP contribution in [-0.4, -0.2) is 6.04 Å². The summed E-state index contributed by atoms with van der Waals surface area (Å²) in [6.07, 6.45) is -0.0704. The molecule has 19 heavy (non-hydrogen) atoms. The molecule has 1 aromatic heterocycles. The van der Waals surface area contributed by atoms with Gasteiger partial charge in [-0.25, -0.2) is 0 Å². The number of benzene rings is 1. The Morgan fingerprint density at radius 2 is 2.16 bits per heavy atom.